The van der Waals surface area contributed by atoms with Gasteiger partial charge in [0.05, 0.1) is 17.6 Å². The summed E-state index contributed by atoms with van der Waals surface area (Å²) in [6.45, 7) is 0.962. The van der Waals surface area contributed by atoms with Crippen LogP contribution in [0, 0.1) is 0 Å². The van der Waals surface area contributed by atoms with Crippen LogP contribution in [0.3, 0.4) is 0 Å². The van der Waals surface area contributed by atoms with Gasteiger partial charge in [-0.05, 0) is 6.07 Å². The maximum Gasteiger partial charge on any atom is 0.433 e. The van der Waals surface area contributed by atoms with Crippen molar-refractivity contribution in [3.63, 3.8) is 0 Å². The van der Waals surface area contributed by atoms with Crippen molar-refractivity contribution in [1.29, 1.82) is 0 Å². The number of nitrogens with zero attached hydrogens (tertiary/aromatic N) is 6. The number of hydroxylamine groups is 1. The van der Waals surface area contributed by atoms with E-state index in [1.807, 2.05) is 4.90 Å². The minimum Gasteiger partial charge on any atom is -0.332 e. The van der Waals surface area contributed by atoms with Crippen LogP contribution in [-0.2, 0) is 6.18 Å². The van der Waals surface area contributed by atoms with Crippen molar-refractivity contribution in [2.24, 2.45) is 0 Å². The standard InChI is InChI=1S/C14H12F3N7O2/c15-14(16,17)10-1-2-18-13(21-10)24-6-8-9(24)5-23(8)12-19-3-7(4-20-12)11(25)22-26/h1-4,8-9,26H,5-6H2,(H,22,25)/t8-,9?/m1/s1. The topological polar surface area (TPSA) is 107 Å². The summed E-state index contributed by atoms with van der Waals surface area (Å²) in [5.41, 5.74) is 0.634. The number of carbonyl (C=O) groups is 1. The number of halogens is 3. The quantitative estimate of drug-likeness (QED) is 0.596. The summed E-state index contributed by atoms with van der Waals surface area (Å²) in [5, 5.41) is 8.56. The van der Waals surface area contributed by atoms with E-state index in [1.54, 1.807) is 4.90 Å². The van der Waals surface area contributed by atoms with Crippen LogP contribution in [0.25, 0.3) is 0 Å². The Bertz CT molecular complexity index is 845. The lowest BCUT2D eigenvalue weighted by Crippen LogP contribution is -2.80. The maximum atomic E-state index is 12.8. The fourth-order valence-electron chi connectivity index (χ4n) is 3.01. The van der Waals surface area contributed by atoms with Gasteiger partial charge in [0.1, 0.15) is 5.69 Å². The fourth-order valence-corrected chi connectivity index (χ4v) is 3.01. The van der Waals surface area contributed by atoms with Crippen LogP contribution in [0.5, 0.6) is 0 Å². The second kappa shape index (κ2) is 5.76. The van der Waals surface area contributed by atoms with Crippen molar-refractivity contribution in [2.45, 2.75) is 18.3 Å². The summed E-state index contributed by atoms with van der Waals surface area (Å²) in [6.07, 6.45) is -0.839. The predicted octanol–water partition coefficient (Wildman–Crippen LogP) is 0.482. The van der Waals surface area contributed by atoms with E-state index < -0.39 is 17.8 Å². The third kappa shape index (κ3) is 2.58. The zero-order valence-corrected chi connectivity index (χ0v) is 13.1. The van der Waals surface area contributed by atoms with E-state index in [0.717, 1.165) is 12.3 Å². The van der Waals surface area contributed by atoms with Crippen LogP contribution in [0.2, 0.25) is 0 Å². The number of nitrogens with one attached hydrogen (secondary N) is 1. The first-order valence-corrected chi connectivity index (χ1v) is 7.58. The largest absolute Gasteiger partial charge is 0.433 e. The molecule has 4 heterocycles. The smallest absolute Gasteiger partial charge is 0.332 e. The van der Waals surface area contributed by atoms with E-state index in [2.05, 4.69) is 19.9 Å². The number of piperazine rings is 1. The normalized spacial score (nSPS) is 21.5. The Morgan fingerprint density at radius 2 is 1.73 bits per heavy atom. The molecule has 0 aliphatic carbocycles. The van der Waals surface area contributed by atoms with Gasteiger partial charge in [-0.1, -0.05) is 0 Å². The molecule has 0 spiro atoms. The Hall–Kier alpha value is -3.02. The van der Waals surface area contributed by atoms with Crippen LogP contribution >= 0.6 is 0 Å². The third-order valence-corrected chi connectivity index (χ3v) is 4.46. The molecule has 136 valence electrons. The number of aromatic nitrogens is 4. The number of carbonyl (C=O) groups excluding carboxylic acids is 1. The number of alkyl halides is 3. The van der Waals surface area contributed by atoms with Crippen molar-refractivity contribution in [3.05, 3.63) is 35.9 Å². The lowest BCUT2D eigenvalue weighted by molar-refractivity contribution is -0.141. The van der Waals surface area contributed by atoms with Crippen molar-refractivity contribution >= 4 is 17.8 Å². The molecule has 2 N–H and O–H groups in total. The molecule has 26 heavy (non-hydrogen) atoms. The number of anilines is 2. The summed E-state index contributed by atoms with van der Waals surface area (Å²) >= 11 is 0. The molecule has 2 aromatic rings. The average Bonchev–Trinajstić information content (AvgIpc) is 2.62. The Morgan fingerprint density at radius 3 is 2.27 bits per heavy atom. The van der Waals surface area contributed by atoms with Gasteiger partial charge in [0.2, 0.25) is 11.9 Å². The van der Waals surface area contributed by atoms with E-state index in [0.29, 0.717) is 19.0 Å². The van der Waals surface area contributed by atoms with Crippen LogP contribution in [0.1, 0.15) is 16.1 Å². The van der Waals surface area contributed by atoms with Gasteiger partial charge in [0, 0.05) is 31.7 Å². The summed E-state index contributed by atoms with van der Waals surface area (Å²) in [7, 11) is 0. The van der Waals surface area contributed by atoms with Gasteiger partial charge in [-0.3, -0.25) is 10.0 Å². The lowest BCUT2D eigenvalue weighted by atomic mass is 9.86. The van der Waals surface area contributed by atoms with Gasteiger partial charge in [0.15, 0.2) is 0 Å². The Labute approximate surface area is 144 Å². The van der Waals surface area contributed by atoms with Gasteiger partial charge >= 0.3 is 6.18 Å². The monoisotopic (exact) mass is 367 g/mol. The number of rotatable bonds is 3. The lowest BCUT2D eigenvalue weighted by Gasteiger charge is -2.61. The molecule has 4 rings (SSSR count). The SMILES string of the molecule is O=C(NO)c1cnc(N2CC3[C@H]2CN3c2nccc(C(F)(F)F)n2)nc1. The molecular weight excluding hydrogens is 355 g/mol. The molecule has 0 radical (unpaired) electrons. The minimum absolute atomic E-state index is 0.0116. The first-order valence-electron chi connectivity index (χ1n) is 7.58. The number of hydrogen-bond acceptors (Lipinski definition) is 8. The average molecular weight is 367 g/mol. The molecule has 1 amide bonds. The molecule has 9 nitrogen and oxygen atoms in total. The van der Waals surface area contributed by atoms with E-state index in [1.165, 1.54) is 17.9 Å². The molecule has 12 heteroatoms. The van der Waals surface area contributed by atoms with Crippen molar-refractivity contribution < 1.29 is 23.2 Å². The first kappa shape index (κ1) is 16.4. The molecule has 2 aliphatic rings. The molecule has 2 saturated heterocycles. The van der Waals surface area contributed by atoms with Crippen LogP contribution < -0.4 is 15.3 Å². The zero-order chi connectivity index (χ0) is 18.5. The number of hydrogen-bond donors (Lipinski definition) is 2. The molecular formula is C14H12F3N7O2. The van der Waals surface area contributed by atoms with E-state index in [4.69, 9.17) is 5.21 Å². The Kier molecular flexibility index (Phi) is 3.64. The molecule has 0 bridgehead atoms. The highest BCUT2D eigenvalue weighted by Gasteiger charge is 2.53. The van der Waals surface area contributed by atoms with E-state index >= 15 is 0 Å². The highest BCUT2D eigenvalue weighted by atomic mass is 19.4. The summed E-state index contributed by atoms with van der Waals surface area (Å²) in [4.78, 5) is 30.5. The Morgan fingerprint density at radius 1 is 1.12 bits per heavy atom. The molecule has 1 unspecified atom stereocenters. The molecule has 2 fully saturated rings. The maximum absolute atomic E-state index is 12.8. The highest BCUT2D eigenvalue weighted by molar-refractivity contribution is 5.92. The fraction of sp³-hybridized carbons (Fsp3) is 0.357. The molecule has 0 aromatic carbocycles. The van der Waals surface area contributed by atoms with Gasteiger partial charge in [-0.25, -0.2) is 25.4 Å². The molecule has 2 aromatic heterocycles. The van der Waals surface area contributed by atoms with Gasteiger partial charge in [0.25, 0.3) is 5.91 Å². The van der Waals surface area contributed by atoms with Gasteiger partial charge in [-0.15, -0.1) is 0 Å². The second-order valence-corrected chi connectivity index (χ2v) is 5.89. The van der Waals surface area contributed by atoms with Crippen molar-refractivity contribution in [3.8, 4) is 0 Å². The molecule has 2 aliphatic heterocycles. The number of fused-ring (bicyclic) bond motifs is 1. The first-order chi connectivity index (χ1) is 12.4. The van der Waals surface area contributed by atoms with Crippen LogP contribution in [0.4, 0.5) is 25.1 Å². The summed E-state index contributed by atoms with van der Waals surface area (Å²) < 4.78 is 38.3. The van der Waals surface area contributed by atoms with Gasteiger partial charge in [-0.2, -0.15) is 13.2 Å². The van der Waals surface area contributed by atoms with E-state index in [-0.39, 0.29) is 23.6 Å². The van der Waals surface area contributed by atoms with Crippen molar-refractivity contribution in [1.82, 2.24) is 25.4 Å². The highest BCUT2D eigenvalue weighted by Crippen LogP contribution is 2.38. The zero-order valence-electron chi connectivity index (χ0n) is 13.1. The summed E-state index contributed by atoms with van der Waals surface area (Å²) in [6, 6.07) is 0.874. The minimum atomic E-state index is -4.51. The van der Waals surface area contributed by atoms with Crippen molar-refractivity contribution in [2.75, 3.05) is 22.9 Å². The predicted molar refractivity (Wildman–Crippen MR) is 80.6 cm³/mol. The van der Waals surface area contributed by atoms with E-state index in [9.17, 15) is 18.0 Å². The van der Waals surface area contributed by atoms with Crippen LogP contribution in [-0.4, -0.2) is 56.2 Å². The molecule has 2 atom stereocenters. The van der Waals surface area contributed by atoms with Gasteiger partial charge < -0.3 is 9.80 Å². The third-order valence-electron chi connectivity index (χ3n) is 4.46. The Balaban J connectivity index is 1.43. The summed E-state index contributed by atoms with van der Waals surface area (Å²) in [5.74, 6) is -0.253. The number of amides is 1. The van der Waals surface area contributed by atoms with Crippen LogP contribution in [0.15, 0.2) is 24.7 Å². The molecule has 0 saturated carbocycles. The second-order valence-electron chi connectivity index (χ2n) is 5.89.